The van der Waals surface area contributed by atoms with E-state index in [4.69, 9.17) is 39.1 Å². The summed E-state index contributed by atoms with van der Waals surface area (Å²) in [6.45, 7) is 2.94. The molecular weight excluding hydrogens is 464 g/mol. The van der Waals surface area contributed by atoms with Crippen LogP contribution in [-0.2, 0) is 9.53 Å². The second-order valence-corrected chi connectivity index (χ2v) is 8.27. The minimum Gasteiger partial charge on any atom is -0.457 e. The number of para-hydroxylation sites is 1. The topological polar surface area (TPSA) is 35.5 Å². The van der Waals surface area contributed by atoms with E-state index >= 15 is 0 Å². The van der Waals surface area contributed by atoms with E-state index in [1.165, 1.54) is 13.8 Å². The Bertz CT molecular complexity index is 978. The van der Waals surface area contributed by atoms with Crippen LogP contribution < -0.4 is 4.74 Å². The van der Waals surface area contributed by atoms with Gasteiger partial charge in [-0.3, -0.25) is 4.79 Å². The van der Waals surface area contributed by atoms with Crippen molar-refractivity contribution in [3.8, 4) is 23.8 Å². The summed E-state index contributed by atoms with van der Waals surface area (Å²) in [6.07, 6.45) is 0.141. The molecule has 170 valence electrons. The summed E-state index contributed by atoms with van der Waals surface area (Å²) in [5.41, 5.74) is 0.381. The summed E-state index contributed by atoms with van der Waals surface area (Å²) in [5.74, 6) is -2.35. The summed E-state index contributed by atoms with van der Waals surface area (Å²) in [6, 6.07) is 15.4. The van der Waals surface area contributed by atoms with E-state index in [-0.39, 0.29) is 0 Å². The van der Waals surface area contributed by atoms with Gasteiger partial charge in [-0.25, -0.2) is 0 Å². The monoisotopic (exact) mass is 484 g/mol. The number of carbonyl (C=O) groups excluding carboxylic acids is 1. The number of carbonyl (C=O) groups is 1. The van der Waals surface area contributed by atoms with Gasteiger partial charge in [-0.2, -0.15) is 13.2 Å². The van der Waals surface area contributed by atoms with Crippen LogP contribution in [0, 0.1) is 30.1 Å². The molecule has 2 aromatic rings. The Morgan fingerprint density at radius 1 is 1.06 bits per heavy atom. The molecule has 32 heavy (non-hydrogen) atoms. The van der Waals surface area contributed by atoms with Gasteiger partial charge < -0.3 is 9.47 Å². The van der Waals surface area contributed by atoms with Crippen molar-refractivity contribution < 1.29 is 27.4 Å². The molecule has 3 nitrogen and oxygen atoms in total. The first kappa shape index (κ1) is 25.6. The number of hydrogen-bond acceptors (Lipinski definition) is 3. The van der Waals surface area contributed by atoms with Gasteiger partial charge in [-0.15, -0.1) is 6.42 Å². The fourth-order valence-corrected chi connectivity index (χ4v) is 3.40. The van der Waals surface area contributed by atoms with Crippen LogP contribution in [0.4, 0.5) is 13.2 Å². The third-order valence-corrected chi connectivity index (χ3v) is 4.84. The van der Waals surface area contributed by atoms with Crippen LogP contribution in [-0.4, -0.2) is 12.1 Å². The van der Waals surface area contributed by atoms with Gasteiger partial charge in [-0.05, 0) is 36.3 Å². The fraction of sp³-hybridized carbons (Fsp3) is 0.292. The Hall–Kier alpha value is -2.62. The molecule has 3 atom stereocenters. The van der Waals surface area contributed by atoms with Crippen molar-refractivity contribution in [2.75, 3.05) is 0 Å². The fourth-order valence-electron chi connectivity index (χ4n) is 3.13. The van der Waals surface area contributed by atoms with Gasteiger partial charge in [0.25, 0.3) is 0 Å². The quantitative estimate of drug-likeness (QED) is 0.288. The minimum absolute atomic E-state index is 0.381. The van der Waals surface area contributed by atoms with Crippen LogP contribution in [0.3, 0.4) is 0 Å². The molecule has 0 bridgehead atoms. The van der Waals surface area contributed by atoms with Crippen molar-refractivity contribution in [1.82, 2.24) is 0 Å². The maximum atomic E-state index is 13.6. The largest absolute Gasteiger partial charge is 0.457 e. The lowest BCUT2D eigenvalue weighted by Crippen LogP contribution is -2.38. The zero-order valence-corrected chi connectivity index (χ0v) is 18.8. The van der Waals surface area contributed by atoms with Gasteiger partial charge in [0, 0.05) is 5.56 Å². The molecule has 0 aliphatic heterocycles. The first-order valence-corrected chi connectivity index (χ1v) is 10.4. The number of benzene rings is 2. The molecule has 0 radical (unpaired) electrons. The number of rotatable bonds is 8. The highest BCUT2D eigenvalue weighted by Gasteiger charge is 2.48. The van der Waals surface area contributed by atoms with Crippen molar-refractivity contribution >= 4 is 29.2 Å². The number of terminal acetylenes is 1. The van der Waals surface area contributed by atoms with E-state index in [1.54, 1.807) is 48.5 Å². The van der Waals surface area contributed by atoms with Crippen LogP contribution >= 0.6 is 23.2 Å². The molecule has 0 heterocycles. The summed E-state index contributed by atoms with van der Waals surface area (Å²) >= 11 is 10.9. The van der Waals surface area contributed by atoms with Gasteiger partial charge in [0.2, 0.25) is 0 Å². The smallest absolute Gasteiger partial charge is 0.396 e. The number of esters is 1. The Labute approximate surface area is 195 Å². The lowest BCUT2D eigenvalue weighted by atomic mass is 9.82. The number of halogens is 5. The molecule has 3 unspecified atom stereocenters. The highest BCUT2D eigenvalue weighted by atomic mass is 35.5. The molecule has 0 fully saturated rings. The first-order valence-electron chi connectivity index (χ1n) is 9.62. The Balaban J connectivity index is 2.28. The number of allylic oxidation sites excluding steroid dienone is 1. The number of ether oxygens (including phenoxy) is 2. The normalized spacial score (nSPS) is 14.1. The Kier molecular flexibility index (Phi) is 9.06. The first-order chi connectivity index (χ1) is 15.0. The third kappa shape index (κ3) is 7.22. The predicted octanol–water partition coefficient (Wildman–Crippen LogP) is 7.47. The van der Waals surface area contributed by atoms with E-state index in [2.05, 4.69) is 5.92 Å². The molecule has 0 saturated heterocycles. The van der Waals surface area contributed by atoms with E-state index < -0.39 is 40.5 Å². The van der Waals surface area contributed by atoms with Crippen molar-refractivity contribution in [2.24, 2.45) is 17.8 Å². The van der Waals surface area contributed by atoms with Crippen molar-refractivity contribution in [3.05, 3.63) is 70.7 Å². The second-order valence-electron chi connectivity index (χ2n) is 7.26. The van der Waals surface area contributed by atoms with Crippen LogP contribution in [0.5, 0.6) is 11.5 Å². The summed E-state index contributed by atoms with van der Waals surface area (Å²) < 4.78 is 51.4. The van der Waals surface area contributed by atoms with Gasteiger partial charge in [0.1, 0.15) is 16.0 Å². The van der Waals surface area contributed by atoms with Crippen LogP contribution in [0.2, 0.25) is 0 Å². The van der Waals surface area contributed by atoms with Crippen molar-refractivity contribution in [3.63, 3.8) is 0 Å². The van der Waals surface area contributed by atoms with E-state index in [0.29, 0.717) is 23.1 Å². The van der Waals surface area contributed by atoms with E-state index in [0.717, 1.165) is 0 Å². The van der Waals surface area contributed by atoms with Crippen LogP contribution in [0.25, 0.3) is 0 Å². The molecule has 2 aromatic carbocycles. The lowest BCUT2D eigenvalue weighted by Gasteiger charge is -2.29. The molecule has 0 aliphatic rings. The predicted molar refractivity (Wildman–Crippen MR) is 118 cm³/mol. The van der Waals surface area contributed by atoms with Gasteiger partial charge >= 0.3 is 12.1 Å². The molecule has 0 aliphatic carbocycles. The molecule has 0 spiro atoms. The molecule has 0 amide bonds. The molecule has 8 heteroatoms. The average molecular weight is 485 g/mol. The number of hydrogen-bond donors (Lipinski definition) is 0. The molecule has 0 saturated carbocycles. The van der Waals surface area contributed by atoms with Crippen molar-refractivity contribution in [1.29, 1.82) is 0 Å². The Morgan fingerprint density at radius 2 is 1.69 bits per heavy atom. The summed E-state index contributed by atoms with van der Waals surface area (Å²) in [5, 5.41) is 0. The third-order valence-electron chi connectivity index (χ3n) is 4.59. The van der Waals surface area contributed by atoms with E-state index in [1.807, 2.05) is 6.07 Å². The van der Waals surface area contributed by atoms with Gasteiger partial charge in [0.15, 0.2) is 6.10 Å². The highest BCUT2D eigenvalue weighted by molar-refractivity contribution is 6.55. The zero-order chi connectivity index (χ0) is 23.9. The highest BCUT2D eigenvalue weighted by Crippen LogP contribution is 2.40. The lowest BCUT2D eigenvalue weighted by molar-refractivity contribution is -0.192. The van der Waals surface area contributed by atoms with Crippen LogP contribution in [0.1, 0.15) is 25.5 Å². The average Bonchev–Trinajstić information content (AvgIpc) is 2.71. The minimum atomic E-state index is -4.77. The maximum Gasteiger partial charge on any atom is 0.396 e. The van der Waals surface area contributed by atoms with Crippen molar-refractivity contribution in [2.45, 2.75) is 26.1 Å². The van der Waals surface area contributed by atoms with E-state index in [9.17, 15) is 18.0 Å². The molecular formula is C24H21Cl2F3O3. The summed E-state index contributed by atoms with van der Waals surface area (Å²) in [7, 11) is 0. The van der Waals surface area contributed by atoms with Gasteiger partial charge in [-0.1, -0.05) is 73.3 Å². The maximum absolute atomic E-state index is 13.6. The summed E-state index contributed by atoms with van der Waals surface area (Å²) in [4.78, 5) is 12.8. The van der Waals surface area contributed by atoms with Crippen LogP contribution in [0.15, 0.2) is 65.2 Å². The molecule has 0 aromatic heterocycles. The Morgan fingerprint density at radius 3 is 2.22 bits per heavy atom. The zero-order valence-electron chi connectivity index (χ0n) is 17.3. The molecule has 2 rings (SSSR count). The number of alkyl halides is 3. The standard InChI is InChI=1S/C24H21Cl2F3O3/c1-4-20(16-9-8-12-18(13-16)31-17-10-6-5-7-11-17)32-23(30)22(15(2)3)19(14-21(25)26)24(27,28)29/h1,5-15,19-20,22H,2-3H3. The molecule has 0 N–H and O–H groups in total. The SMILES string of the molecule is C#CC(OC(=O)C(C(C)C)C(C=C(Cl)Cl)C(F)(F)F)c1cccc(Oc2ccccc2)c1. The second kappa shape index (κ2) is 11.3. The van der Waals surface area contributed by atoms with Gasteiger partial charge in [0.05, 0.1) is 11.8 Å².